The lowest BCUT2D eigenvalue weighted by Gasteiger charge is -2.36. The van der Waals surface area contributed by atoms with Gasteiger partial charge in [-0.05, 0) is 48.5 Å². The highest BCUT2D eigenvalue weighted by atomic mass is 35.5. The number of pyridine rings is 1. The molecule has 1 amide bonds. The molecule has 0 bridgehead atoms. The number of fused-ring (bicyclic) bond motifs is 1. The predicted molar refractivity (Wildman–Crippen MR) is 140 cm³/mol. The number of aromatic nitrogens is 1. The van der Waals surface area contributed by atoms with E-state index in [-0.39, 0.29) is 5.91 Å². The van der Waals surface area contributed by atoms with Crippen LogP contribution >= 0.6 is 11.6 Å². The second-order valence-electron chi connectivity index (χ2n) is 8.39. The lowest BCUT2D eigenvalue weighted by Crippen LogP contribution is -2.48. The first-order chi connectivity index (χ1) is 17.1. The number of ether oxygens (including phenoxy) is 2. The minimum Gasteiger partial charge on any atom is -0.497 e. The number of rotatable bonds is 5. The molecule has 1 fully saturated rings. The number of piperazine rings is 1. The smallest absolute Gasteiger partial charge is 0.254 e. The van der Waals surface area contributed by atoms with E-state index < -0.39 is 0 Å². The zero-order chi connectivity index (χ0) is 24.4. The highest BCUT2D eigenvalue weighted by Gasteiger charge is 2.25. The highest BCUT2D eigenvalue weighted by Crippen LogP contribution is 2.34. The lowest BCUT2D eigenvalue weighted by molar-refractivity contribution is 0.0748. The van der Waals surface area contributed by atoms with Gasteiger partial charge in [-0.1, -0.05) is 29.8 Å². The van der Waals surface area contributed by atoms with Gasteiger partial charge in [-0.25, -0.2) is 4.98 Å². The summed E-state index contributed by atoms with van der Waals surface area (Å²) in [5.41, 5.74) is 4.02. The molecule has 0 unspecified atom stereocenters. The van der Waals surface area contributed by atoms with Crippen molar-refractivity contribution in [2.75, 3.05) is 45.3 Å². The van der Waals surface area contributed by atoms with Crippen LogP contribution in [0, 0.1) is 0 Å². The standard InChI is InChI=1S/C28H26ClN3O3/c1-34-21-11-12-23(27(17-21)35-2)26-18-24(22-5-3-4-6-25(22)30-26)28(33)32-15-13-31(14-16-32)20-9-7-19(29)8-10-20/h3-12,17-18H,13-16H2,1-2H3. The molecule has 1 saturated heterocycles. The molecule has 1 aromatic heterocycles. The number of carbonyl (C=O) groups excluding carboxylic acids is 1. The van der Waals surface area contributed by atoms with Crippen molar-refractivity contribution in [1.29, 1.82) is 0 Å². The highest BCUT2D eigenvalue weighted by molar-refractivity contribution is 6.30. The van der Waals surface area contributed by atoms with Crippen LogP contribution in [-0.2, 0) is 0 Å². The van der Waals surface area contributed by atoms with E-state index in [9.17, 15) is 4.79 Å². The molecule has 6 nitrogen and oxygen atoms in total. The molecule has 2 heterocycles. The number of amides is 1. The third-order valence-electron chi connectivity index (χ3n) is 6.39. The molecule has 35 heavy (non-hydrogen) atoms. The fourth-order valence-corrected chi connectivity index (χ4v) is 4.62. The first kappa shape index (κ1) is 23.0. The van der Waals surface area contributed by atoms with Crippen molar-refractivity contribution in [2.24, 2.45) is 0 Å². The summed E-state index contributed by atoms with van der Waals surface area (Å²) in [5, 5.41) is 1.56. The number of para-hydroxylation sites is 1. The van der Waals surface area contributed by atoms with Crippen molar-refractivity contribution in [1.82, 2.24) is 9.88 Å². The van der Waals surface area contributed by atoms with Gasteiger partial charge >= 0.3 is 0 Å². The molecule has 0 spiro atoms. The molecular formula is C28H26ClN3O3. The average Bonchev–Trinajstić information content (AvgIpc) is 2.92. The van der Waals surface area contributed by atoms with Gasteiger partial charge in [0.2, 0.25) is 0 Å². The van der Waals surface area contributed by atoms with Gasteiger partial charge in [0.15, 0.2) is 0 Å². The predicted octanol–water partition coefficient (Wildman–Crippen LogP) is 5.53. The first-order valence-electron chi connectivity index (χ1n) is 11.5. The normalized spacial score (nSPS) is 13.7. The van der Waals surface area contributed by atoms with Crippen LogP contribution in [0.2, 0.25) is 5.02 Å². The topological polar surface area (TPSA) is 54.9 Å². The van der Waals surface area contributed by atoms with E-state index >= 15 is 0 Å². The van der Waals surface area contributed by atoms with Crippen LogP contribution in [0.5, 0.6) is 11.5 Å². The zero-order valence-corrected chi connectivity index (χ0v) is 20.5. The number of benzene rings is 3. The summed E-state index contributed by atoms with van der Waals surface area (Å²) in [6.45, 7) is 2.80. The van der Waals surface area contributed by atoms with Crippen molar-refractivity contribution in [3.05, 3.63) is 83.4 Å². The third kappa shape index (κ3) is 4.62. The molecule has 0 aliphatic carbocycles. The quantitative estimate of drug-likeness (QED) is 0.370. The Hall–Kier alpha value is -3.77. The van der Waals surface area contributed by atoms with Gasteiger partial charge in [-0.15, -0.1) is 0 Å². The maximum absolute atomic E-state index is 13.8. The number of anilines is 1. The maximum Gasteiger partial charge on any atom is 0.254 e. The van der Waals surface area contributed by atoms with Crippen molar-refractivity contribution in [3.8, 4) is 22.8 Å². The number of hydrogen-bond acceptors (Lipinski definition) is 5. The number of nitrogens with zero attached hydrogens (tertiary/aromatic N) is 3. The summed E-state index contributed by atoms with van der Waals surface area (Å²) < 4.78 is 10.9. The van der Waals surface area contributed by atoms with Gasteiger partial charge in [-0.2, -0.15) is 0 Å². The van der Waals surface area contributed by atoms with Crippen molar-refractivity contribution in [3.63, 3.8) is 0 Å². The Labute approximate surface area is 209 Å². The molecule has 0 saturated carbocycles. The number of hydrogen-bond donors (Lipinski definition) is 0. The Bertz CT molecular complexity index is 1370. The molecular weight excluding hydrogens is 462 g/mol. The summed E-state index contributed by atoms with van der Waals surface area (Å²) in [6.07, 6.45) is 0. The summed E-state index contributed by atoms with van der Waals surface area (Å²) in [6, 6.07) is 23.1. The van der Waals surface area contributed by atoms with Gasteiger partial charge in [-0.3, -0.25) is 4.79 Å². The van der Waals surface area contributed by atoms with Gasteiger partial charge in [0.1, 0.15) is 11.5 Å². The van der Waals surface area contributed by atoms with Crippen molar-refractivity contribution >= 4 is 34.1 Å². The molecule has 5 rings (SSSR count). The van der Waals surface area contributed by atoms with Crippen LogP contribution in [0.3, 0.4) is 0 Å². The minimum atomic E-state index is 0.00749. The van der Waals surface area contributed by atoms with Gasteiger partial charge in [0, 0.05) is 53.9 Å². The molecule has 4 aromatic rings. The SMILES string of the molecule is COc1ccc(-c2cc(C(=O)N3CCN(c4ccc(Cl)cc4)CC3)c3ccccc3n2)c(OC)c1. The second-order valence-corrected chi connectivity index (χ2v) is 8.83. The van der Waals surface area contributed by atoms with Crippen LogP contribution < -0.4 is 14.4 Å². The van der Waals surface area contributed by atoms with Crippen molar-refractivity contribution in [2.45, 2.75) is 0 Å². The third-order valence-corrected chi connectivity index (χ3v) is 6.64. The van der Waals surface area contributed by atoms with Crippen LogP contribution in [-0.4, -0.2) is 56.2 Å². The molecule has 178 valence electrons. The fourth-order valence-electron chi connectivity index (χ4n) is 4.49. The molecule has 3 aromatic carbocycles. The maximum atomic E-state index is 13.8. The van der Waals surface area contributed by atoms with E-state index in [1.54, 1.807) is 14.2 Å². The Kier molecular flexibility index (Phi) is 6.47. The number of methoxy groups -OCH3 is 2. The number of carbonyl (C=O) groups is 1. The Morgan fingerprint density at radius 1 is 0.886 bits per heavy atom. The number of halogens is 1. The second kappa shape index (κ2) is 9.84. The van der Waals surface area contributed by atoms with Crippen LogP contribution in [0.1, 0.15) is 10.4 Å². The summed E-state index contributed by atoms with van der Waals surface area (Å²) >= 11 is 6.03. The monoisotopic (exact) mass is 487 g/mol. The largest absolute Gasteiger partial charge is 0.497 e. The summed E-state index contributed by atoms with van der Waals surface area (Å²) in [4.78, 5) is 22.8. The van der Waals surface area contributed by atoms with E-state index in [0.717, 1.165) is 40.3 Å². The van der Waals surface area contributed by atoms with Gasteiger partial charge in [0.25, 0.3) is 5.91 Å². The minimum absolute atomic E-state index is 0.00749. The Morgan fingerprint density at radius 3 is 2.34 bits per heavy atom. The van der Waals surface area contributed by atoms with E-state index in [4.69, 9.17) is 26.1 Å². The Morgan fingerprint density at radius 2 is 1.63 bits per heavy atom. The summed E-state index contributed by atoms with van der Waals surface area (Å²) in [7, 11) is 3.23. The molecule has 0 N–H and O–H groups in total. The molecule has 7 heteroatoms. The van der Waals surface area contributed by atoms with E-state index in [1.165, 1.54) is 0 Å². The lowest BCUT2D eigenvalue weighted by atomic mass is 10.0. The van der Waals surface area contributed by atoms with Crippen molar-refractivity contribution < 1.29 is 14.3 Å². The fraction of sp³-hybridized carbons (Fsp3) is 0.214. The van der Waals surface area contributed by atoms with Gasteiger partial charge < -0.3 is 19.3 Å². The average molecular weight is 488 g/mol. The zero-order valence-electron chi connectivity index (χ0n) is 19.7. The van der Waals surface area contributed by atoms with Crippen LogP contribution in [0.25, 0.3) is 22.2 Å². The Balaban J connectivity index is 1.46. The van der Waals surface area contributed by atoms with Gasteiger partial charge in [0.05, 0.1) is 31.0 Å². The molecule has 0 radical (unpaired) electrons. The van der Waals surface area contributed by atoms with E-state index in [1.807, 2.05) is 77.7 Å². The van der Waals surface area contributed by atoms with Crippen LogP contribution in [0.4, 0.5) is 5.69 Å². The summed E-state index contributed by atoms with van der Waals surface area (Å²) in [5.74, 6) is 1.34. The van der Waals surface area contributed by atoms with E-state index in [0.29, 0.717) is 35.8 Å². The molecule has 1 aliphatic rings. The molecule has 1 aliphatic heterocycles. The molecule has 0 atom stereocenters. The first-order valence-corrected chi connectivity index (χ1v) is 11.9. The van der Waals surface area contributed by atoms with Crippen LogP contribution in [0.15, 0.2) is 72.8 Å². The van der Waals surface area contributed by atoms with E-state index in [2.05, 4.69) is 4.90 Å².